The van der Waals surface area contributed by atoms with Crippen LogP contribution in [0.4, 0.5) is 0 Å². The average molecular weight is 241 g/mol. The molecule has 1 heterocycles. The van der Waals surface area contributed by atoms with Crippen molar-refractivity contribution in [2.45, 2.75) is 6.04 Å². The summed E-state index contributed by atoms with van der Waals surface area (Å²) in [7, 11) is 0. The SMILES string of the molecule is NC(c1ccccc1)c1ccc2c(c1)OCCO2. The van der Waals surface area contributed by atoms with Gasteiger partial charge in [-0.25, -0.2) is 0 Å². The minimum atomic E-state index is -0.137. The monoisotopic (exact) mass is 241 g/mol. The van der Waals surface area contributed by atoms with Crippen molar-refractivity contribution >= 4 is 0 Å². The summed E-state index contributed by atoms with van der Waals surface area (Å²) in [6.07, 6.45) is 0. The van der Waals surface area contributed by atoms with E-state index in [0.717, 1.165) is 22.6 Å². The zero-order chi connectivity index (χ0) is 12.4. The topological polar surface area (TPSA) is 44.5 Å². The highest BCUT2D eigenvalue weighted by molar-refractivity contribution is 5.46. The molecule has 0 spiro atoms. The number of nitrogens with two attached hydrogens (primary N) is 1. The van der Waals surface area contributed by atoms with E-state index in [-0.39, 0.29) is 6.04 Å². The highest BCUT2D eigenvalue weighted by Crippen LogP contribution is 2.33. The lowest BCUT2D eigenvalue weighted by Gasteiger charge is -2.20. The van der Waals surface area contributed by atoms with Gasteiger partial charge in [-0.15, -0.1) is 0 Å². The Balaban J connectivity index is 1.93. The lowest BCUT2D eigenvalue weighted by molar-refractivity contribution is 0.171. The Morgan fingerprint density at radius 1 is 0.833 bits per heavy atom. The van der Waals surface area contributed by atoms with Gasteiger partial charge in [0.1, 0.15) is 13.2 Å². The predicted molar refractivity (Wildman–Crippen MR) is 69.9 cm³/mol. The van der Waals surface area contributed by atoms with Gasteiger partial charge in [-0.3, -0.25) is 0 Å². The summed E-state index contributed by atoms with van der Waals surface area (Å²) in [5.74, 6) is 1.58. The van der Waals surface area contributed by atoms with E-state index in [4.69, 9.17) is 15.2 Å². The van der Waals surface area contributed by atoms with Crippen LogP contribution in [0.1, 0.15) is 17.2 Å². The number of hydrogen-bond donors (Lipinski definition) is 1. The summed E-state index contributed by atoms with van der Waals surface area (Å²) >= 11 is 0. The Bertz CT molecular complexity index is 539. The van der Waals surface area contributed by atoms with Gasteiger partial charge in [0.25, 0.3) is 0 Å². The summed E-state index contributed by atoms with van der Waals surface area (Å²) in [5.41, 5.74) is 8.38. The Hall–Kier alpha value is -2.00. The number of ether oxygens (including phenoxy) is 2. The first-order chi connectivity index (χ1) is 8.84. The van der Waals surface area contributed by atoms with Gasteiger partial charge < -0.3 is 15.2 Å². The Labute approximate surface area is 106 Å². The van der Waals surface area contributed by atoms with E-state index in [2.05, 4.69) is 0 Å². The van der Waals surface area contributed by atoms with E-state index >= 15 is 0 Å². The van der Waals surface area contributed by atoms with Gasteiger partial charge in [0.2, 0.25) is 0 Å². The summed E-state index contributed by atoms with van der Waals surface area (Å²) in [5, 5.41) is 0. The second-order valence-electron chi connectivity index (χ2n) is 4.29. The molecule has 1 unspecified atom stereocenters. The molecule has 0 fully saturated rings. The summed E-state index contributed by atoms with van der Waals surface area (Å²) in [6.45, 7) is 1.20. The minimum absolute atomic E-state index is 0.137. The van der Waals surface area contributed by atoms with Crippen molar-refractivity contribution in [2.75, 3.05) is 13.2 Å². The van der Waals surface area contributed by atoms with E-state index in [1.807, 2.05) is 48.5 Å². The van der Waals surface area contributed by atoms with Crippen molar-refractivity contribution in [1.82, 2.24) is 0 Å². The summed E-state index contributed by atoms with van der Waals surface area (Å²) in [4.78, 5) is 0. The van der Waals surface area contributed by atoms with E-state index in [1.54, 1.807) is 0 Å². The van der Waals surface area contributed by atoms with Crippen LogP contribution in [0, 0.1) is 0 Å². The maximum Gasteiger partial charge on any atom is 0.161 e. The lowest BCUT2D eigenvalue weighted by Crippen LogP contribution is -2.17. The predicted octanol–water partition coefficient (Wildman–Crippen LogP) is 2.51. The molecular weight excluding hydrogens is 226 g/mol. The molecule has 3 nitrogen and oxygen atoms in total. The molecule has 0 radical (unpaired) electrons. The molecule has 92 valence electrons. The molecule has 2 aromatic carbocycles. The Kier molecular flexibility index (Phi) is 2.90. The Morgan fingerprint density at radius 2 is 1.56 bits per heavy atom. The number of benzene rings is 2. The van der Waals surface area contributed by atoms with Crippen LogP contribution < -0.4 is 15.2 Å². The molecule has 0 saturated carbocycles. The smallest absolute Gasteiger partial charge is 0.161 e. The normalized spacial score (nSPS) is 15.2. The van der Waals surface area contributed by atoms with Gasteiger partial charge in [0.05, 0.1) is 6.04 Å². The van der Waals surface area contributed by atoms with Crippen molar-refractivity contribution in [1.29, 1.82) is 0 Å². The fourth-order valence-corrected chi connectivity index (χ4v) is 2.11. The third-order valence-electron chi connectivity index (χ3n) is 3.08. The molecule has 0 aromatic heterocycles. The molecule has 0 saturated heterocycles. The molecular formula is C15H15NO2. The first-order valence-electron chi connectivity index (χ1n) is 6.04. The van der Waals surface area contributed by atoms with Crippen molar-refractivity contribution in [3.63, 3.8) is 0 Å². The molecule has 1 aliphatic rings. The molecule has 2 N–H and O–H groups in total. The van der Waals surface area contributed by atoms with E-state index in [1.165, 1.54) is 0 Å². The second-order valence-corrected chi connectivity index (χ2v) is 4.29. The van der Waals surface area contributed by atoms with E-state index in [0.29, 0.717) is 13.2 Å². The van der Waals surface area contributed by atoms with Crippen LogP contribution in [-0.4, -0.2) is 13.2 Å². The maximum atomic E-state index is 6.25. The number of fused-ring (bicyclic) bond motifs is 1. The number of hydrogen-bond acceptors (Lipinski definition) is 3. The first-order valence-corrected chi connectivity index (χ1v) is 6.04. The van der Waals surface area contributed by atoms with Crippen LogP contribution in [0.5, 0.6) is 11.5 Å². The van der Waals surface area contributed by atoms with Crippen molar-refractivity contribution in [3.8, 4) is 11.5 Å². The molecule has 0 amide bonds. The summed E-state index contributed by atoms with van der Waals surface area (Å²) < 4.78 is 11.1. The third-order valence-corrected chi connectivity index (χ3v) is 3.08. The van der Waals surface area contributed by atoms with Crippen LogP contribution in [0.25, 0.3) is 0 Å². The van der Waals surface area contributed by atoms with Gasteiger partial charge in [-0.1, -0.05) is 36.4 Å². The molecule has 3 rings (SSSR count). The van der Waals surface area contributed by atoms with E-state index < -0.39 is 0 Å². The fraction of sp³-hybridized carbons (Fsp3) is 0.200. The van der Waals surface area contributed by atoms with Crippen molar-refractivity contribution < 1.29 is 9.47 Å². The van der Waals surface area contributed by atoms with Crippen LogP contribution >= 0.6 is 0 Å². The molecule has 3 heteroatoms. The first kappa shape index (κ1) is 11.1. The van der Waals surface area contributed by atoms with Gasteiger partial charge in [0, 0.05) is 0 Å². The van der Waals surface area contributed by atoms with Gasteiger partial charge >= 0.3 is 0 Å². The van der Waals surface area contributed by atoms with Crippen molar-refractivity contribution in [2.24, 2.45) is 5.73 Å². The van der Waals surface area contributed by atoms with Gasteiger partial charge in [-0.2, -0.15) is 0 Å². The van der Waals surface area contributed by atoms with Crippen LogP contribution in [0.15, 0.2) is 48.5 Å². The highest BCUT2D eigenvalue weighted by atomic mass is 16.6. The number of rotatable bonds is 2. The maximum absolute atomic E-state index is 6.25. The van der Waals surface area contributed by atoms with Crippen LogP contribution in [0.2, 0.25) is 0 Å². The largest absolute Gasteiger partial charge is 0.486 e. The van der Waals surface area contributed by atoms with Crippen molar-refractivity contribution in [3.05, 3.63) is 59.7 Å². The third kappa shape index (κ3) is 2.05. The molecule has 0 bridgehead atoms. The highest BCUT2D eigenvalue weighted by Gasteiger charge is 2.15. The fourth-order valence-electron chi connectivity index (χ4n) is 2.11. The van der Waals surface area contributed by atoms with Gasteiger partial charge in [-0.05, 0) is 23.3 Å². The second kappa shape index (κ2) is 4.70. The molecule has 18 heavy (non-hydrogen) atoms. The average Bonchev–Trinajstić information content (AvgIpc) is 2.47. The van der Waals surface area contributed by atoms with Crippen LogP contribution in [-0.2, 0) is 0 Å². The zero-order valence-corrected chi connectivity index (χ0v) is 10.0. The van der Waals surface area contributed by atoms with Crippen LogP contribution in [0.3, 0.4) is 0 Å². The molecule has 0 aliphatic carbocycles. The standard InChI is InChI=1S/C15H15NO2/c16-15(11-4-2-1-3-5-11)12-6-7-13-14(10-12)18-9-8-17-13/h1-7,10,15H,8-9,16H2. The minimum Gasteiger partial charge on any atom is -0.486 e. The van der Waals surface area contributed by atoms with Gasteiger partial charge in [0.15, 0.2) is 11.5 Å². The molecule has 2 aromatic rings. The molecule has 1 aliphatic heterocycles. The zero-order valence-electron chi connectivity index (χ0n) is 10.0. The quantitative estimate of drug-likeness (QED) is 0.878. The Morgan fingerprint density at radius 3 is 2.33 bits per heavy atom. The van der Waals surface area contributed by atoms with E-state index in [9.17, 15) is 0 Å². The lowest BCUT2D eigenvalue weighted by atomic mass is 9.99. The summed E-state index contributed by atoms with van der Waals surface area (Å²) in [6, 6.07) is 15.8. The molecule has 1 atom stereocenters.